The van der Waals surface area contributed by atoms with Crippen LogP contribution < -0.4 is 11.0 Å². The third-order valence-electron chi connectivity index (χ3n) is 4.20. The molecule has 5 nitrogen and oxygen atoms in total. The van der Waals surface area contributed by atoms with Crippen molar-refractivity contribution >= 4 is 28.7 Å². The summed E-state index contributed by atoms with van der Waals surface area (Å²) in [6.45, 7) is 3.19. The van der Waals surface area contributed by atoms with Gasteiger partial charge in [0.2, 0.25) is 5.91 Å². The minimum atomic E-state index is -0.136. The molecule has 0 fully saturated rings. The zero-order valence-electron chi connectivity index (χ0n) is 14.9. The van der Waals surface area contributed by atoms with Crippen LogP contribution in [0.2, 0.25) is 0 Å². The SMILES string of the molecule is CCn1c(=O)n(CC(=O)NCCCSc2ccccc2)c2ccccc21. The van der Waals surface area contributed by atoms with Gasteiger partial charge in [0.15, 0.2) is 0 Å². The minimum Gasteiger partial charge on any atom is -0.355 e. The highest BCUT2D eigenvalue weighted by Gasteiger charge is 2.13. The summed E-state index contributed by atoms with van der Waals surface area (Å²) in [4.78, 5) is 26.0. The van der Waals surface area contributed by atoms with E-state index in [2.05, 4.69) is 17.4 Å². The van der Waals surface area contributed by atoms with Crippen molar-refractivity contribution in [3.05, 3.63) is 65.1 Å². The van der Waals surface area contributed by atoms with Gasteiger partial charge in [-0.1, -0.05) is 30.3 Å². The smallest absolute Gasteiger partial charge is 0.329 e. The summed E-state index contributed by atoms with van der Waals surface area (Å²) in [5.74, 6) is 0.815. The first-order chi connectivity index (χ1) is 12.7. The van der Waals surface area contributed by atoms with Crippen molar-refractivity contribution in [3.8, 4) is 0 Å². The zero-order chi connectivity index (χ0) is 18.4. The first-order valence-corrected chi connectivity index (χ1v) is 9.82. The van der Waals surface area contributed by atoms with Crippen LogP contribution in [-0.4, -0.2) is 27.3 Å². The Balaban J connectivity index is 1.53. The lowest BCUT2D eigenvalue weighted by Crippen LogP contribution is -2.33. The number of aromatic nitrogens is 2. The van der Waals surface area contributed by atoms with E-state index in [9.17, 15) is 9.59 Å². The number of nitrogens with one attached hydrogen (secondary N) is 1. The molecule has 0 aliphatic carbocycles. The standard InChI is InChI=1S/C20H23N3O2S/c1-2-22-17-11-6-7-12-18(17)23(20(22)25)15-19(24)21-13-8-14-26-16-9-4-3-5-10-16/h3-7,9-12H,2,8,13-15H2,1H3,(H,21,24). The molecular formula is C20H23N3O2S. The fraction of sp³-hybridized carbons (Fsp3) is 0.300. The monoisotopic (exact) mass is 369 g/mol. The Bertz CT molecular complexity index is 931. The number of para-hydroxylation sites is 2. The number of thioether (sulfide) groups is 1. The summed E-state index contributed by atoms with van der Waals surface area (Å²) in [7, 11) is 0. The summed E-state index contributed by atoms with van der Waals surface area (Å²) in [6, 6.07) is 17.8. The van der Waals surface area contributed by atoms with Crippen LogP contribution in [-0.2, 0) is 17.9 Å². The molecule has 136 valence electrons. The van der Waals surface area contributed by atoms with E-state index in [1.54, 1.807) is 20.9 Å². The summed E-state index contributed by atoms with van der Waals surface area (Å²) in [5.41, 5.74) is 1.53. The number of aryl methyl sites for hydroxylation is 1. The van der Waals surface area contributed by atoms with Crippen molar-refractivity contribution in [1.82, 2.24) is 14.5 Å². The molecule has 0 radical (unpaired) electrons. The van der Waals surface area contributed by atoms with Crippen LogP contribution in [0.25, 0.3) is 11.0 Å². The molecule has 0 atom stereocenters. The fourth-order valence-corrected chi connectivity index (χ4v) is 3.81. The van der Waals surface area contributed by atoms with E-state index < -0.39 is 0 Å². The van der Waals surface area contributed by atoms with Crippen LogP contribution in [0.5, 0.6) is 0 Å². The Labute approximate surface area is 157 Å². The number of hydrogen-bond acceptors (Lipinski definition) is 3. The highest BCUT2D eigenvalue weighted by molar-refractivity contribution is 7.99. The van der Waals surface area contributed by atoms with Crippen LogP contribution in [0.15, 0.2) is 64.3 Å². The van der Waals surface area contributed by atoms with E-state index in [0.29, 0.717) is 13.1 Å². The van der Waals surface area contributed by atoms with Crippen LogP contribution >= 0.6 is 11.8 Å². The number of benzene rings is 2. The molecule has 0 bridgehead atoms. The Morgan fingerprint density at radius 2 is 1.65 bits per heavy atom. The molecule has 1 N–H and O–H groups in total. The average Bonchev–Trinajstić information content (AvgIpc) is 2.93. The maximum atomic E-state index is 12.5. The second-order valence-corrected chi connectivity index (χ2v) is 7.14. The maximum absolute atomic E-state index is 12.5. The Hall–Kier alpha value is -2.47. The van der Waals surface area contributed by atoms with Gasteiger partial charge in [-0.2, -0.15) is 0 Å². The topological polar surface area (TPSA) is 56.0 Å². The second-order valence-electron chi connectivity index (χ2n) is 5.97. The Morgan fingerprint density at radius 3 is 2.35 bits per heavy atom. The molecule has 0 aliphatic rings. The molecule has 0 unspecified atom stereocenters. The number of carbonyl (C=O) groups excluding carboxylic acids is 1. The molecule has 1 amide bonds. The fourth-order valence-electron chi connectivity index (χ4n) is 2.94. The molecule has 0 aliphatic heterocycles. The second kappa shape index (κ2) is 8.76. The molecule has 0 spiro atoms. The number of amides is 1. The largest absolute Gasteiger partial charge is 0.355 e. The van der Waals surface area contributed by atoms with Crippen molar-refractivity contribution in [2.75, 3.05) is 12.3 Å². The van der Waals surface area contributed by atoms with Crippen molar-refractivity contribution in [3.63, 3.8) is 0 Å². The van der Waals surface area contributed by atoms with Gasteiger partial charge in [-0.05, 0) is 43.4 Å². The minimum absolute atomic E-state index is 0.0537. The van der Waals surface area contributed by atoms with Gasteiger partial charge in [0.1, 0.15) is 6.54 Å². The van der Waals surface area contributed by atoms with Gasteiger partial charge in [-0.25, -0.2) is 4.79 Å². The highest BCUT2D eigenvalue weighted by Crippen LogP contribution is 2.17. The molecule has 6 heteroatoms. The zero-order valence-corrected chi connectivity index (χ0v) is 15.7. The van der Waals surface area contributed by atoms with Gasteiger partial charge in [-0.3, -0.25) is 13.9 Å². The summed E-state index contributed by atoms with van der Waals surface area (Å²) in [6.07, 6.45) is 0.886. The quantitative estimate of drug-likeness (QED) is 0.490. The molecule has 3 aromatic rings. The summed E-state index contributed by atoms with van der Waals surface area (Å²) >= 11 is 1.78. The van der Waals surface area contributed by atoms with Gasteiger partial charge in [-0.15, -0.1) is 11.8 Å². The number of fused-ring (bicyclic) bond motifs is 1. The molecular weight excluding hydrogens is 346 g/mol. The lowest BCUT2D eigenvalue weighted by atomic mass is 10.3. The molecule has 26 heavy (non-hydrogen) atoms. The Morgan fingerprint density at radius 1 is 1.00 bits per heavy atom. The molecule has 1 heterocycles. The third kappa shape index (κ3) is 4.19. The first kappa shape index (κ1) is 18.3. The van der Waals surface area contributed by atoms with E-state index in [-0.39, 0.29) is 18.1 Å². The van der Waals surface area contributed by atoms with E-state index in [0.717, 1.165) is 23.2 Å². The van der Waals surface area contributed by atoms with Crippen molar-refractivity contribution in [2.45, 2.75) is 31.3 Å². The maximum Gasteiger partial charge on any atom is 0.329 e. The van der Waals surface area contributed by atoms with Gasteiger partial charge in [0.25, 0.3) is 0 Å². The molecule has 0 saturated carbocycles. The Kier molecular flexibility index (Phi) is 6.17. The normalized spacial score (nSPS) is 11.0. The third-order valence-corrected chi connectivity index (χ3v) is 5.30. The number of nitrogens with zero attached hydrogens (tertiary/aromatic N) is 2. The molecule has 0 saturated heterocycles. The molecule has 1 aromatic heterocycles. The van der Waals surface area contributed by atoms with Gasteiger partial charge >= 0.3 is 5.69 Å². The van der Waals surface area contributed by atoms with Gasteiger partial charge < -0.3 is 5.32 Å². The summed E-state index contributed by atoms with van der Waals surface area (Å²) < 4.78 is 3.24. The molecule has 3 rings (SSSR count). The number of rotatable bonds is 8. The van der Waals surface area contributed by atoms with Crippen LogP contribution in [0.3, 0.4) is 0 Å². The van der Waals surface area contributed by atoms with Crippen molar-refractivity contribution in [1.29, 1.82) is 0 Å². The average molecular weight is 369 g/mol. The van der Waals surface area contributed by atoms with Gasteiger partial charge in [0, 0.05) is 18.0 Å². The van der Waals surface area contributed by atoms with Crippen LogP contribution in [0, 0.1) is 0 Å². The van der Waals surface area contributed by atoms with E-state index in [1.165, 1.54) is 4.90 Å². The van der Waals surface area contributed by atoms with Crippen molar-refractivity contribution in [2.24, 2.45) is 0 Å². The highest BCUT2D eigenvalue weighted by atomic mass is 32.2. The van der Waals surface area contributed by atoms with Crippen molar-refractivity contribution < 1.29 is 4.79 Å². The lowest BCUT2D eigenvalue weighted by molar-refractivity contribution is -0.121. The lowest BCUT2D eigenvalue weighted by Gasteiger charge is -2.06. The van der Waals surface area contributed by atoms with Crippen LogP contribution in [0.1, 0.15) is 13.3 Å². The van der Waals surface area contributed by atoms with Crippen LogP contribution in [0.4, 0.5) is 0 Å². The first-order valence-electron chi connectivity index (χ1n) is 8.83. The predicted molar refractivity (Wildman–Crippen MR) is 107 cm³/mol. The summed E-state index contributed by atoms with van der Waals surface area (Å²) in [5, 5.41) is 2.92. The number of carbonyl (C=O) groups is 1. The van der Waals surface area contributed by atoms with E-state index in [4.69, 9.17) is 0 Å². The van der Waals surface area contributed by atoms with E-state index >= 15 is 0 Å². The van der Waals surface area contributed by atoms with Gasteiger partial charge in [0.05, 0.1) is 11.0 Å². The molecule has 2 aromatic carbocycles. The predicted octanol–water partition coefficient (Wildman–Crippen LogP) is 3.12. The number of imidazole rings is 1. The van der Waals surface area contributed by atoms with E-state index in [1.807, 2.05) is 49.4 Å². The number of hydrogen-bond donors (Lipinski definition) is 1.